The van der Waals surface area contributed by atoms with Crippen LogP contribution in [0.4, 0.5) is 0 Å². The third kappa shape index (κ3) is 8.45. The molecule has 8 fully saturated rings. The minimum atomic E-state index is -1.70. The molecular weight excluding hydrogens is 868 g/mol. The molecule has 0 bridgehead atoms. The molecule has 66 heavy (non-hydrogen) atoms. The molecule has 4 aliphatic heterocycles. The number of aliphatic hydroxyl groups excluding tert-OH is 11. The first-order valence-corrected chi connectivity index (χ1v) is 24.6. The number of fused-ring (bicyclic) bond motifs is 7. The second kappa shape index (κ2) is 19.3. The smallest absolute Gasteiger partial charge is 0.187 e. The summed E-state index contributed by atoms with van der Waals surface area (Å²) in [5, 5.41) is 117. The fourth-order valence-electron chi connectivity index (χ4n) is 14.9. The molecule has 0 aromatic heterocycles. The Morgan fingerprint density at radius 1 is 0.667 bits per heavy atom. The van der Waals surface area contributed by atoms with Gasteiger partial charge in [0, 0.05) is 24.9 Å². The maximum absolute atomic E-state index is 11.9. The first kappa shape index (κ1) is 51.6. The minimum Gasteiger partial charge on any atom is -0.394 e. The van der Waals surface area contributed by atoms with E-state index in [2.05, 4.69) is 27.7 Å². The summed E-state index contributed by atoms with van der Waals surface area (Å²) in [4.78, 5) is 0. The van der Waals surface area contributed by atoms with Crippen molar-refractivity contribution >= 4 is 0 Å². The number of hydrogen-bond donors (Lipinski definition) is 11. The molecule has 4 saturated carbocycles. The van der Waals surface area contributed by atoms with E-state index in [0.29, 0.717) is 38.0 Å². The zero-order chi connectivity index (χ0) is 48.0. The molecule has 19 nitrogen and oxygen atoms in total. The van der Waals surface area contributed by atoms with Gasteiger partial charge in [0.25, 0.3) is 0 Å². The lowest BCUT2D eigenvalue weighted by atomic mass is 9.39. The number of methoxy groups -OCH3 is 1. The predicted molar refractivity (Wildman–Crippen MR) is 228 cm³/mol. The zero-order valence-electron chi connectivity index (χ0n) is 39.5. The fraction of sp³-hybridized carbons (Fsp3) is 1.00. The highest BCUT2D eigenvalue weighted by Gasteiger charge is 2.71. The van der Waals surface area contributed by atoms with Crippen molar-refractivity contribution in [2.75, 3.05) is 26.9 Å². The topological polar surface area (TPSA) is 296 Å². The molecule has 0 radical (unpaired) electrons. The van der Waals surface area contributed by atoms with Gasteiger partial charge in [-0.05, 0) is 98.7 Å². The van der Waals surface area contributed by atoms with Crippen LogP contribution in [0.5, 0.6) is 0 Å². The van der Waals surface area contributed by atoms with Crippen molar-refractivity contribution in [1.82, 2.24) is 0 Å². The van der Waals surface area contributed by atoms with Crippen LogP contribution in [0.25, 0.3) is 0 Å². The van der Waals surface area contributed by atoms with E-state index in [0.717, 1.165) is 25.7 Å². The molecule has 0 unspecified atom stereocenters. The van der Waals surface area contributed by atoms with E-state index in [1.165, 1.54) is 6.92 Å². The van der Waals surface area contributed by atoms with Gasteiger partial charge in [-0.25, -0.2) is 0 Å². The summed E-state index contributed by atoms with van der Waals surface area (Å²) < 4.78 is 49.6. The normalized spacial score (nSPS) is 56.5. The molecule has 8 rings (SSSR count). The van der Waals surface area contributed by atoms with Crippen molar-refractivity contribution in [2.24, 2.45) is 51.8 Å². The Kier molecular flexibility index (Phi) is 15.1. The van der Waals surface area contributed by atoms with Crippen LogP contribution in [0.3, 0.4) is 0 Å². The molecule has 0 amide bonds. The maximum atomic E-state index is 11.9. The molecule has 4 saturated heterocycles. The molecule has 8 aliphatic rings. The standard InChI is InChI=1S/C47H80O19/c1-20(19-60-41-37(56)36(55)33(52)28(17-48)62-41)8-13-47(59-7)21(2)31-27(66-47)15-26-24-14-30(46(6)16-23(50)9-12-45(46,5)25(24)10-11-44(26,31)4)64-43-39(58)40(34(53)29(18-49)63-43)65-42-38(57)35(54)32(51)22(3)61-42/h20-43,48-58H,8-19H2,1-7H3/t20-,21-,22-,23+,24+,25+,26+,27-,28+,29+,30-,31-,32-,33+,34+,35+,36-,37+,38+,39+,40-,41+,42-,43-,44-,45+,46+,47+/m0/s1. The lowest BCUT2D eigenvalue weighted by molar-refractivity contribution is -0.371. The van der Waals surface area contributed by atoms with Crippen molar-refractivity contribution in [2.45, 2.75) is 216 Å². The van der Waals surface area contributed by atoms with Crippen LogP contribution >= 0.6 is 0 Å². The van der Waals surface area contributed by atoms with Crippen LogP contribution in [-0.4, -0.2) is 199 Å². The molecule has 4 aliphatic carbocycles. The van der Waals surface area contributed by atoms with E-state index >= 15 is 0 Å². The summed E-state index contributed by atoms with van der Waals surface area (Å²) in [5.74, 6) is 0.0933. The third-order valence-corrected chi connectivity index (χ3v) is 19.0. The molecule has 0 spiro atoms. The number of ether oxygens (including phenoxy) is 8. The van der Waals surface area contributed by atoms with Gasteiger partial charge in [-0.3, -0.25) is 0 Å². The van der Waals surface area contributed by atoms with E-state index in [9.17, 15) is 56.2 Å². The van der Waals surface area contributed by atoms with E-state index < -0.39 is 129 Å². The summed E-state index contributed by atoms with van der Waals surface area (Å²) in [5.41, 5.74) is -0.947. The Morgan fingerprint density at radius 3 is 1.98 bits per heavy atom. The second-order valence-electron chi connectivity index (χ2n) is 22.4. The van der Waals surface area contributed by atoms with Crippen molar-refractivity contribution in [1.29, 1.82) is 0 Å². The van der Waals surface area contributed by atoms with Crippen LogP contribution in [0.1, 0.15) is 99.3 Å². The molecule has 11 N–H and O–H groups in total. The Morgan fingerprint density at radius 2 is 1.30 bits per heavy atom. The molecule has 382 valence electrons. The monoisotopic (exact) mass is 949 g/mol. The first-order valence-electron chi connectivity index (χ1n) is 24.6. The Labute approximate surface area is 387 Å². The van der Waals surface area contributed by atoms with Gasteiger partial charge in [0.15, 0.2) is 24.7 Å². The summed E-state index contributed by atoms with van der Waals surface area (Å²) >= 11 is 0. The largest absolute Gasteiger partial charge is 0.394 e. The van der Waals surface area contributed by atoms with Gasteiger partial charge in [-0.2, -0.15) is 0 Å². The summed E-state index contributed by atoms with van der Waals surface area (Å²) in [6, 6.07) is 0. The quantitative estimate of drug-likeness (QED) is 0.101. The Bertz CT molecular complexity index is 1650. The maximum Gasteiger partial charge on any atom is 0.187 e. The Hall–Kier alpha value is -0.760. The lowest BCUT2D eigenvalue weighted by Gasteiger charge is -2.67. The van der Waals surface area contributed by atoms with Gasteiger partial charge in [0.2, 0.25) is 0 Å². The van der Waals surface area contributed by atoms with Crippen molar-refractivity contribution in [3.8, 4) is 0 Å². The number of aliphatic hydroxyl groups is 11. The van der Waals surface area contributed by atoms with Crippen LogP contribution in [0.2, 0.25) is 0 Å². The summed E-state index contributed by atoms with van der Waals surface area (Å²) in [7, 11) is 1.70. The van der Waals surface area contributed by atoms with Gasteiger partial charge >= 0.3 is 0 Å². The predicted octanol–water partition coefficient (Wildman–Crippen LogP) is -0.737. The highest BCUT2D eigenvalue weighted by Crippen LogP contribution is 2.73. The van der Waals surface area contributed by atoms with Crippen LogP contribution in [0, 0.1) is 51.8 Å². The Balaban J connectivity index is 0.982. The molecule has 0 aromatic carbocycles. The minimum absolute atomic E-state index is 0.0233. The molecule has 0 aromatic rings. The van der Waals surface area contributed by atoms with Gasteiger partial charge in [0.1, 0.15) is 67.1 Å². The van der Waals surface area contributed by atoms with Gasteiger partial charge in [-0.1, -0.05) is 34.6 Å². The van der Waals surface area contributed by atoms with Crippen LogP contribution < -0.4 is 0 Å². The summed E-state index contributed by atoms with van der Waals surface area (Å²) in [6.45, 7) is 11.6. The number of rotatable bonds is 13. The molecule has 19 heteroatoms. The van der Waals surface area contributed by atoms with Crippen molar-refractivity contribution < 1.29 is 94.1 Å². The fourth-order valence-corrected chi connectivity index (χ4v) is 14.9. The highest BCUT2D eigenvalue weighted by molar-refractivity contribution is 5.19. The lowest BCUT2D eigenvalue weighted by Crippen LogP contribution is -2.67. The molecule has 4 heterocycles. The molecule has 28 atom stereocenters. The van der Waals surface area contributed by atoms with Crippen LogP contribution in [0.15, 0.2) is 0 Å². The third-order valence-electron chi connectivity index (χ3n) is 19.0. The summed E-state index contributed by atoms with van der Waals surface area (Å²) in [6.07, 6.45) is -15.8. The highest BCUT2D eigenvalue weighted by atomic mass is 16.7. The molecular formula is C47H80O19. The van der Waals surface area contributed by atoms with Gasteiger partial charge in [0.05, 0.1) is 44.2 Å². The van der Waals surface area contributed by atoms with E-state index in [-0.39, 0.29) is 53.1 Å². The number of hydrogen-bond acceptors (Lipinski definition) is 19. The van der Waals surface area contributed by atoms with Gasteiger partial charge in [-0.15, -0.1) is 0 Å². The zero-order valence-corrected chi connectivity index (χ0v) is 39.5. The van der Waals surface area contributed by atoms with Crippen molar-refractivity contribution in [3.63, 3.8) is 0 Å². The second-order valence-corrected chi connectivity index (χ2v) is 22.4. The SMILES string of the molecule is CO[C@]1(CC[C@H](C)CO[C@@H]2O[C@H](CO)[C@@H](O)[C@H](O)[C@H]2O)O[C@H]2C[C@@H]3[C@@H]4C[C@H](O[C@@H]5O[C@H](CO)[C@@H](O)[C@H](O[C@@H]6O[C@@H](C)[C@H](O)[C@@H](O)[C@H]6O)[C@H]5O)[C@@]5(C)C[C@H](O)CC[C@]5(C)[C@@H]4CC[C@]3(C)[C@H]2[C@@H]1C. The first-order chi connectivity index (χ1) is 31.1. The van der Waals surface area contributed by atoms with Crippen molar-refractivity contribution in [3.05, 3.63) is 0 Å². The van der Waals surface area contributed by atoms with E-state index in [1.807, 2.05) is 6.92 Å². The van der Waals surface area contributed by atoms with E-state index in [1.54, 1.807) is 7.11 Å². The van der Waals surface area contributed by atoms with Gasteiger partial charge < -0.3 is 94.1 Å². The van der Waals surface area contributed by atoms with E-state index in [4.69, 9.17) is 37.9 Å². The average molecular weight is 949 g/mol. The average Bonchev–Trinajstić information content (AvgIpc) is 3.75. The van der Waals surface area contributed by atoms with Crippen LogP contribution in [-0.2, 0) is 37.9 Å².